The van der Waals surface area contributed by atoms with Crippen molar-refractivity contribution in [2.45, 2.75) is 83.8 Å². The number of aliphatic hydroxyl groups is 1. The van der Waals surface area contributed by atoms with Gasteiger partial charge in [0.05, 0.1) is 6.61 Å². The van der Waals surface area contributed by atoms with E-state index in [0.29, 0.717) is 6.04 Å². The highest BCUT2D eigenvalue weighted by Gasteiger charge is 2.30. The summed E-state index contributed by atoms with van der Waals surface area (Å²) in [4.78, 5) is 2.66. The van der Waals surface area contributed by atoms with Crippen LogP contribution in [0, 0.1) is 5.92 Å². The van der Waals surface area contributed by atoms with E-state index in [1.54, 1.807) is 0 Å². The molecular weight excluding hydrogens is 236 g/mol. The topological polar surface area (TPSA) is 49.5 Å². The van der Waals surface area contributed by atoms with Crippen LogP contribution in [0.1, 0.15) is 66.2 Å². The summed E-state index contributed by atoms with van der Waals surface area (Å²) in [7, 11) is 0. The summed E-state index contributed by atoms with van der Waals surface area (Å²) in [5.41, 5.74) is 5.68. The summed E-state index contributed by atoms with van der Waals surface area (Å²) in [5.74, 6) is 0.748. The van der Waals surface area contributed by atoms with Gasteiger partial charge in [0.25, 0.3) is 0 Å². The molecule has 3 N–H and O–H groups in total. The summed E-state index contributed by atoms with van der Waals surface area (Å²) in [6.07, 6.45) is 7.54. The van der Waals surface area contributed by atoms with Crippen LogP contribution >= 0.6 is 0 Å². The first-order valence-electron chi connectivity index (χ1n) is 8.01. The maximum atomic E-state index is 9.36. The van der Waals surface area contributed by atoms with Gasteiger partial charge < -0.3 is 10.8 Å². The van der Waals surface area contributed by atoms with E-state index in [1.807, 2.05) is 6.92 Å². The van der Waals surface area contributed by atoms with Gasteiger partial charge in [-0.15, -0.1) is 0 Å². The molecule has 1 saturated carbocycles. The van der Waals surface area contributed by atoms with Gasteiger partial charge >= 0.3 is 0 Å². The minimum absolute atomic E-state index is 0.0695. The number of hydrogen-bond donors (Lipinski definition) is 2. The number of hydrogen-bond acceptors (Lipinski definition) is 3. The highest BCUT2D eigenvalue weighted by Crippen LogP contribution is 2.28. The fourth-order valence-corrected chi connectivity index (χ4v) is 3.26. The monoisotopic (exact) mass is 270 g/mol. The Morgan fingerprint density at radius 2 is 1.84 bits per heavy atom. The third-order valence-electron chi connectivity index (χ3n) is 4.45. The van der Waals surface area contributed by atoms with Crippen molar-refractivity contribution in [1.82, 2.24) is 4.90 Å². The average Bonchev–Trinajstić information content (AvgIpc) is 2.82. The molecule has 0 saturated heterocycles. The standard InChI is InChI=1S/C16H34N2O/c1-13(2)9-10-18(15-7-5-6-8-15)14(3)11-16(4,17)12-19/h13-15,19H,5-12,17H2,1-4H3. The van der Waals surface area contributed by atoms with Crippen LogP contribution in [0.4, 0.5) is 0 Å². The third kappa shape index (κ3) is 5.80. The predicted molar refractivity (Wildman–Crippen MR) is 82.2 cm³/mol. The lowest BCUT2D eigenvalue weighted by atomic mass is 9.93. The molecule has 2 atom stereocenters. The normalized spacial score (nSPS) is 22.1. The molecule has 3 nitrogen and oxygen atoms in total. The molecule has 2 unspecified atom stereocenters. The van der Waals surface area contributed by atoms with E-state index >= 15 is 0 Å². The van der Waals surface area contributed by atoms with Gasteiger partial charge in [-0.25, -0.2) is 0 Å². The molecule has 1 rings (SSSR count). The zero-order chi connectivity index (χ0) is 14.5. The Kier molecular flexibility index (Phi) is 6.78. The second-order valence-electron chi connectivity index (χ2n) is 7.22. The van der Waals surface area contributed by atoms with Crippen molar-refractivity contribution in [1.29, 1.82) is 0 Å². The number of nitrogens with two attached hydrogens (primary N) is 1. The van der Waals surface area contributed by atoms with Crippen molar-refractivity contribution in [3.8, 4) is 0 Å². The molecule has 1 aliphatic rings. The van der Waals surface area contributed by atoms with Crippen molar-refractivity contribution in [2.75, 3.05) is 13.2 Å². The number of aliphatic hydroxyl groups excluding tert-OH is 1. The molecule has 114 valence electrons. The Labute approximate surface area is 119 Å². The van der Waals surface area contributed by atoms with Gasteiger partial charge in [0.15, 0.2) is 0 Å². The third-order valence-corrected chi connectivity index (χ3v) is 4.45. The fourth-order valence-electron chi connectivity index (χ4n) is 3.26. The van der Waals surface area contributed by atoms with E-state index in [-0.39, 0.29) is 6.61 Å². The van der Waals surface area contributed by atoms with Crippen LogP contribution in [0.5, 0.6) is 0 Å². The summed E-state index contributed by atoms with van der Waals surface area (Å²) >= 11 is 0. The Morgan fingerprint density at radius 1 is 1.26 bits per heavy atom. The van der Waals surface area contributed by atoms with Gasteiger partial charge in [0.1, 0.15) is 0 Å². The zero-order valence-corrected chi connectivity index (χ0v) is 13.4. The van der Waals surface area contributed by atoms with E-state index in [2.05, 4.69) is 25.7 Å². The van der Waals surface area contributed by atoms with Crippen molar-refractivity contribution in [3.05, 3.63) is 0 Å². The summed E-state index contributed by atoms with van der Waals surface area (Å²) in [6, 6.07) is 1.20. The van der Waals surface area contributed by atoms with E-state index in [9.17, 15) is 5.11 Å². The molecule has 0 aromatic carbocycles. The van der Waals surface area contributed by atoms with E-state index < -0.39 is 5.54 Å². The van der Waals surface area contributed by atoms with Crippen LogP contribution in [-0.4, -0.2) is 40.8 Å². The molecule has 0 radical (unpaired) electrons. The van der Waals surface area contributed by atoms with Gasteiger partial charge in [0, 0.05) is 17.6 Å². The maximum Gasteiger partial charge on any atom is 0.0609 e. The van der Waals surface area contributed by atoms with Crippen LogP contribution in [-0.2, 0) is 0 Å². The highest BCUT2D eigenvalue weighted by molar-refractivity contribution is 4.87. The first-order chi connectivity index (χ1) is 8.85. The number of rotatable bonds is 8. The predicted octanol–water partition coefficient (Wildman–Crippen LogP) is 2.77. The molecule has 0 aromatic rings. The van der Waals surface area contributed by atoms with Crippen molar-refractivity contribution >= 4 is 0 Å². The lowest BCUT2D eigenvalue weighted by Gasteiger charge is -2.38. The largest absolute Gasteiger partial charge is 0.394 e. The molecule has 0 spiro atoms. The van der Waals surface area contributed by atoms with Crippen LogP contribution < -0.4 is 5.73 Å². The quantitative estimate of drug-likeness (QED) is 0.713. The Balaban J connectivity index is 2.60. The van der Waals surface area contributed by atoms with Gasteiger partial charge in [-0.2, -0.15) is 0 Å². The van der Waals surface area contributed by atoms with E-state index in [1.165, 1.54) is 38.6 Å². The van der Waals surface area contributed by atoms with Gasteiger partial charge in [0.2, 0.25) is 0 Å². The van der Waals surface area contributed by atoms with Crippen LogP contribution in [0.3, 0.4) is 0 Å². The fraction of sp³-hybridized carbons (Fsp3) is 1.00. The molecule has 1 fully saturated rings. The van der Waals surface area contributed by atoms with Gasteiger partial charge in [-0.05, 0) is 52.0 Å². The molecule has 0 amide bonds. The first kappa shape index (κ1) is 16.9. The van der Waals surface area contributed by atoms with Crippen molar-refractivity contribution in [3.63, 3.8) is 0 Å². The minimum Gasteiger partial charge on any atom is -0.394 e. The average molecular weight is 270 g/mol. The number of nitrogens with zero attached hydrogens (tertiary/aromatic N) is 1. The molecular formula is C16H34N2O. The lowest BCUT2D eigenvalue weighted by Crippen LogP contribution is -2.49. The zero-order valence-electron chi connectivity index (χ0n) is 13.4. The summed E-state index contributed by atoms with van der Waals surface area (Å²) < 4.78 is 0. The highest BCUT2D eigenvalue weighted by atomic mass is 16.3. The van der Waals surface area contributed by atoms with Crippen LogP contribution in [0.25, 0.3) is 0 Å². The SMILES string of the molecule is CC(C)CCN(C(C)CC(C)(N)CO)C1CCCC1. The Morgan fingerprint density at radius 3 is 2.32 bits per heavy atom. The first-order valence-corrected chi connectivity index (χ1v) is 8.01. The second-order valence-corrected chi connectivity index (χ2v) is 7.22. The lowest BCUT2D eigenvalue weighted by molar-refractivity contribution is 0.0981. The van der Waals surface area contributed by atoms with E-state index in [0.717, 1.165) is 18.4 Å². The smallest absolute Gasteiger partial charge is 0.0609 e. The summed E-state index contributed by atoms with van der Waals surface area (Å²) in [6.45, 7) is 10.1. The Bertz CT molecular complexity index is 247. The molecule has 0 bridgehead atoms. The minimum atomic E-state index is -0.450. The van der Waals surface area contributed by atoms with Gasteiger partial charge in [-0.3, -0.25) is 4.90 Å². The molecule has 19 heavy (non-hydrogen) atoms. The maximum absolute atomic E-state index is 9.36. The molecule has 3 heteroatoms. The van der Waals surface area contributed by atoms with Crippen molar-refractivity contribution < 1.29 is 5.11 Å². The second kappa shape index (κ2) is 7.61. The van der Waals surface area contributed by atoms with Gasteiger partial charge in [-0.1, -0.05) is 26.7 Å². The molecule has 1 aliphatic carbocycles. The van der Waals surface area contributed by atoms with Crippen molar-refractivity contribution in [2.24, 2.45) is 11.7 Å². The molecule has 0 heterocycles. The molecule has 0 aromatic heterocycles. The Hall–Kier alpha value is -0.120. The van der Waals surface area contributed by atoms with Crippen LogP contribution in [0.15, 0.2) is 0 Å². The molecule has 0 aliphatic heterocycles. The van der Waals surface area contributed by atoms with E-state index in [4.69, 9.17) is 5.73 Å². The van der Waals surface area contributed by atoms with Crippen LogP contribution in [0.2, 0.25) is 0 Å². The summed E-state index contributed by atoms with van der Waals surface area (Å²) in [5, 5.41) is 9.36.